The van der Waals surface area contributed by atoms with Crippen molar-refractivity contribution >= 4 is 34.0 Å². The maximum Gasteiger partial charge on any atom is 0.269 e. The van der Waals surface area contributed by atoms with E-state index in [1.54, 1.807) is 13.0 Å². The van der Waals surface area contributed by atoms with Crippen LogP contribution in [-0.4, -0.2) is 59.0 Å². The number of H-pyrrole nitrogens is 1. The number of rotatable bonds is 6. The number of hydrogen-bond acceptors (Lipinski definition) is 7. The normalized spacial score (nSPS) is 14.1. The predicted octanol–water partition coefficient (Wildman–Crippen LogP) is 3.19. The predicted molar refractivity (Wildman–Crippen MR) is 142 cm³/mol. The number of aromatic amines is 1. The second kappa shape index (κ2) is 10.4. The lowest BCUT2D eigenvalue weighted by atomic mass is 10.1. The van der Waals surface area contributed by atoms with Crippen molar-refractivity contribution in [3.05, 3.63) is 87.9 Å². The minimum Gasteiger partial charge on any atom is -0.365 e. The summed E-state index contributed by atoms with van der Waals surface area (Å²) in [7, 11) is 1.49. The Hall–Kier alpha value is -4.31. The molecule has 0 unspecified atom stereocenters. The molecule has 10 heteroatoms. The average Bonchev–Trinajstić information content (AvgIpc) is 2.90. The van der Waals surface area contributed by atoms with Crippen molar-refractivity contribution in [1.29, 1.82) is 0 Å². The molecular formula is C27H28FN7O2. The Morgan fingerprint density at radius 3 is 2.51 bits per heavy atom. The second-order valence-electron chi connectivity index (χ2n) is 9.03. The Kier molecular flexibility index (Phi) is 6.82. The highest BCUT2D eigenvalue weighted by atomic mass is 19.1. The van der Waals surface area contributed by atoms with Gasteiger partial charge in [-0.05, 0) is 48.9 Å². The maximum atomic E-state index is 14.6. The van der Waals surface area contributed by atoms with Gasteiger partial charge in [0.05, 0.1) is 16.9 Å². The molecule has 3 N–H and O–H groups in total. The van der Waals surface area contributed by atoms with Crippen LogP contribution in [0.2, 0.25) is 0 Å². The summed E-state index contributed by atoms with van der Waals surface area (Å²) in [4.78, 5) is 39.5. The molecule has 1 fully saturated rings. The summed E-state index contributed by atoms with van der Waals surface area (Å²) < 4.78 is 14.6. The van der Waals surface area contributed by atoms with Crippen molar-refractivity contribution in [2.75, 3.05) is 43.4 Å². The molecule has 2 aromatic heterocycles. The summed E-state index contributed by atoms with van der Waals surface area (Å²) in [6, 6.07) is 17.0. The first-order valence-corrected chi connectivity index (χ1v) is 12.1. The molecule has 0 saturated carbocycles. The molecule has 0 spiro atoms. The Morgan fingerprint density at radius 2 is 1.81 bits per heavy atom. The Bertz CT molecular complexity index is 1500. The lowest BCUT2D eigenvalue weighted by molar-refractivity contribution is 0.0957. The van der Waals surface area contributed by atoms with E-state index < -0.39 is 11.9 Å². The first-order chi connectivity index (χ1) is 17.9. The van der Waals surface area contributed by atoms with Crippen molar-refractivity contribution in [1.82, 2.24) is 25.2 Å². The first kappa shape index (κ1) is 24.4. The van der Waals surface area contributed by atoms with E-state index in [4.69, 9.17) is 0 Å². The number of anilines is 3. The van der Waals surface area contributed by atoms with Crippen molar-refractivity contribution in [3.8, 4) is 0 Å². The molecule has 9 nitrogen and oxygen atoms in total. The fraction of sp³-hybridized carbons (Fsp3) is 0.259. The van der Waals surface area contributed by atoms with Gasteiger partial charge in [0.1, 0.15) is 16.9 Å². The molecule has 2 aromatic carbocycles. The number of carbonyl (C=O) groups excluding carboxylic acids is 1. The van der Waals surface area contributed by atoms with Gasteiger partial charge in [-0.1, -0.05) is 18.2 Å². The van der Waals surface area contributed by atoms with Gasteiger partial charge in [0.2, 0.25) is 5.95 Å². The van der Waals surface area contributed by atoms with E-state index in [2.05, 4.69) is 36.6 Å². The number of nitrogens with one attached hydrogen (secondary N) is 3. The zero-order valence-electron chi connectivity index (χ0n) is 20.7. The van der Waals surface area contributed by atoms with Crippen LogP contribution in [0.25, 0.3) is 11.0 Å². The highest BCUT2D eigenvalue weighted by Crippen LogP contribution is 2.27. The molecule has 0 atom stereocenters. The molecule has 37 heavy (non-hydrogen) atoms. The zero-order chi connectivity index (χ0) is 25.9. The van der Waals surface area contributed by atoms with Crippen LogP contribution in [0.15, 0.2) is 59.4 Å². The third-order valence-corrected chi connectivity index (χ3v) is 6.49. The molecule has 1 amide bonds. The van der Waals surface area contributed by atoms with Gasteiger partial charge in [0.15, 0.2) is 0 Å². The first-order valence-electron chi connectivity index (χ1n) is 12.1. The van der Waals surface area contributed by atoms with Gasteiger partial charge in [-0.15, -0.1) is 0 Å². The summed E-state index contributed by atoms with van der Waals surface area (Å²) >= 11 is 0. The molecule has 1 saturated heterocycles. The lowest BCUT2D eigenvalue weighted by Gasteiger charge is -2.36. The van der Waals surface area contributed by atoms with Crippen LogP contribution in [0.4, 0.5) is 21.5 Å². The number of aromatic nitrogens is 3. The van der Waals surface area contributed by atoms with Gasteiger partial charge in [-0.3, -0.25) is 14.5 Å². The summed E-state index contributed by atoms with van der Waals surface area (Å²) in [5.74, 6) is -1.06. The third kappa shape index (κ3) is 5.29. The Labute approximate surface area is 213 Å². The third-order valence-electron chi connectivity index (χ3n) is 6.49. The van der Waals surface area contributed by atoms with E-state index in [1.807, 2.05) is 41.3 Å². The van der Waals surface area contributed by atoms with E-state index >= 15 is 0 Å². The molecular weight excluding hydrogens is 473 g/mol. The van der Waals surface area contributed by atoms with Gasteiger partial charge < -0.3 is 20.5 Å². The SMILES string of the molecule is CNC(=O)c1ccc(N2CCN(Cc3cc(Nc4ccccc4)c4nc(C)c(=O)[nH]c4c3)CC2)c(F)n1. The molecule has 0 bridgehead atoms. The summed E-state index contributed by atoms with van der Waals surface area (Å²) in [6.45, 7) is 5.05. The van der Waals surface area contributed by atoms with Crippen LogP contribution < -0.4 is 21.1 Å². The van der Waals surface area contributed by atoms with E-state index in [0.29, 0.717) is 42.0 Å². The van der Waals surface area contributed by atoms with Gasteiger partial charge >= 0.3 is 0 Å². The summed E-state index contributed by atoms with van der Waals surface area (Å²) in [5, 5.41) is 5.89. The highest BCUT2D eigenvalue weighted by molar-refractivity contribution is 5.92. The number of halogens is 1. The molecule has 190 valence electrons. The fourth-order valence-electron chi connectivity index (χ4n) is 4.53. The quantitative estimate of drug-likeness (QED) is 0.349. The van der Waals surface area contributed by atoms with Crippen LogP contribution >= 0.6 is 0 Å². The van der Waals surface area contributed by atoms with Gasteiger partial charge in [-0.2, -0.15) is 4.39 Å². The fourth-order valence-corrected chi connectivity index (χ4v) is 4.53. The molecule has 0 radical (unpaired) electrons. The Balaban J connectivity index is 1.33. The van der Waals surface area contributed by atoms with Crippen LogP contribution in [-0.2, 0) is 6.54 Å². The number of hydrogen-bond donors (Lipinski definition) is 3. The number of nitrogens with zero attached hydrogens (tertiary/aromatic N) is 4. The number of amides is 1. The van der Waals surface area contributed by atoms with Crippen LogP contribution in [0.5, 0.6) is 0 Å². The van der Waals surface area contributed by atoms with E-state index in [0.717, 1.165) is 30.0 Å². The van der Waals surface area contributed by atoms with Gasteiger partial charge in [0, 0.05) is 45.5 Å². The molecule has 5 rings (SSSR count). The number of pyridine rings is 1. The largest absolute Gasteiger partial charge is 0.365 e. The number of fused-ring (bicyclic) bond motifs is 1. The topological polar surface area (TPSA) is 106 Å². The van der Waals surface area contributed by atoms with Gasteiger partial charge in [0.25, 0.3) is 11.5 Å². The maximum absolute atomic E-state index is 14.6. The minimum atomic E-state index is -0.646. The molecule has 1 aliphatic heterocycles. The van der Waals surface area contributed by atoms with E-state index in [1.165, 1.54) is 13.1 Å². The molecule has 0 aliphatic carbocycles. The number of para-hydroxylation sites is 1. The summed E-state index contributed by atoms with van der Waals surface area (Å²) in [5.41, 5.74) is 4.82. The minimum absolute atomic E-state index is 0.0568. The lowest BCUT2D eigenvalue weighted by Crippen LogP contribution is -2.46. The number of benzene rings is 2. The van der Waals surface area contributed by atoms with Crippen LogP contribution in [0.1, 0.15) is 21.7 Å². The van der Waals surface area contributed by atoms with Crippen molar-refractivity contribution in [2.45, 2.75) is 13.5 Å². The van der Waals surface area contributed by atoms with Gasteiger partial charge in [-0.25, -0.2) is 9.97 Å². The van der Waals surface area contributed by atoms with Crippen molar-refractivity contribution < 1.29 is 9.18 Å². The number of carbonyl (C=O) groups is 1. The molecule has 4 aromatic rings. The van der Waals surface area contributed by atoms with Crippen LogP contribution in [0, 0.1) is 12.9 Å². The smallest absolute Gasteiger partial charge is 0.269 e. The van der Waals surface area contributed by atoms with E-state index in [9.17, 15) is 14.0 Å². The van der Waals surface area contributed by atoms with Crippen molar-refractivity contribution in [3.63, 3.8) is 0 Å². The number of piperazine rings is 1. The molecule has 1 aliphatic rings. The molecule has 3 heterocycles. The Morgan fingerprint density at radius 1 is 1.05 bits per heavy atom. The standard InChI is InChI=1S/C27H28FN7O2/c1-17-26(36)33-22-15-18(14-21(24(22)30-17)31-19-6-4-3-5-7-19)16-34-10-12-35(13-11-34)23-9-8-20(27(37)29-2)32-25(23)28/h3-9,14-15,31H,10-13,16H2,1-2H3,(H,29,37)(H,33,36). The average molecular weight is 502 g/mol. The monoisotopic (exact) mass is 501 g/mol. The number of aryl methyl sites for hydroxylation is 1. The summed E-state index contributed by atoms with van der Waals surface area (Å²) in [6.07, 6.45) is 0. The van der Waals surface area contributed by atoms with Crippen LogP contribution in [0.3, 0.4) is 0 Å². The van der Waals surface area contributed by atoms with E-state index in [-0.39, 0.29) is 11.3 Å². The highest BCUT2D eigenvalue weighted by Gasteiger charge is 2.22. The zero-order valence-corrected chi connectivity index (χ0v) is 20.7. The second-order valence-corrected chi connectivity index (χ2v) is 9.03. The van der Waals surface area contributed by atoms with Crippen molar-refractivity contribution in [2.24, 2.45) is 0 Å².